The average Bonchev–Trinajstić information content (AvgIpc) is 2.32. The van der Waals surface area contributed by atoms with Crippen molar-refractivity contribution in [2.24, 2.45) is 0 Å². The van der Waals surface area contributed by atoms with Gasteiger partial charge in [-0.15, -0.1) is 0 Å². The van der Waals surface area contributed by atoms with Crippen LogP contribution in [0.1, 0.15) is 12.8 Å². The van der Waals surface area contributed by atoms with E-state index in [2.05, 4.69) is 25.3 Å². The van der Waals surface area contributed by atoms with Crippen molar-refractivity contribution in [3.63, 3.8) is 0 Å². The van der Waals surface area contributed by atoms with Gasteiger partial charge in [-0.3, -0.25) is 0 Å². The first-order valence-electron chi connectivity index (χ1n) is 5.44. The van der Waals surface area contributed by atoms with Crippen molar-refractivity contribution in [3.8, 4) is 11.5 Å². The van der Waals surface area contributed by atoms with Crippen molar-refractivity contribution >= 4 is 25.3 Å². The molecule has 1 aromatic rings. The SMILES string of the molecule is SCCCOc1ccc(OCCCS)cc1. The summed E-state index contributed by atoms with van der Waals surface area (Å²) in [5, 5.41) is 0. The smallest absolute Gasteiger partial charge is 0.119 e. The van der Waals surface area contributed by atoms with Crippen molar-refractivity contribution in [1.29, 1.82) is 0 Å². The molecule has 0 aliphatic heterocycles. The Balaban J connectivity index is 2.30. The molecule has 0 spiro atoms. The molecule has 0 saturated heterocycles. The summed E-state index contributed by atoms with van der Waals surface area (Å²) < 4.78 is 11.0. The molecule has 1 aromatic carbocycles. The second-order valence-corrected chi connectivity index (χ2v) is 4.22. The van der Waals surface area contributed by atoms with E-state index in [-0.39, 0.29) is 0 Å². The van der Waals surface area contributed by atoms with Gasteiger partial charge >= 0.3 is 0 Å². The maximum Gasteiger partial charge on any atom is 0.119 e. The summed E-state index contributed by atoms with van der Waals surface area (Å²) in [5.74, 6) is 3.46. The fourth-order valence-electron chi connectivity index (χ4n) is 1.14. The highest BCUT2D eigenvalue weighted by molar-refractivity contribution is 7.80. The van der Waals surface area contributed by atoms with Gasteiger partial charge in [0.05, 0.1) is 13.2 Å². The zero-order valence-corrected chi connectivity index (χ0v) is 11.1. The second-order valence-electron chi connectivity index (χ2n) is 3.32. The van der Waals surface area contributed by atoms with Crippen LogP contribution >= 0.6 is 25.3 Å². The molecule has 0 unspecified atom stereocenters. The minimum Gasteiger partial charge on any atom is -0.494 e. The molecule has 1 rings (SSSR count). The third-order valence-corrected chi connectivity index (χ3v) is 2.60. The molecule has 90 valence electrons. The van der Waals surface area contributed by atoms with Crippen LogP contribution < -0.4 is 9.47 Å². The summed E-state index contributed by atoms with van der Waals surface area (Å²) in [4.78, 5) is 0. The van der Waals surface area contributed by atoms with Crippen LogP contribution in [0.4, 0.5) is 0 Å². The van der Waals surface area contributed by atoms with Crippen LogP contribution in [0.25, 0.3) is 0 Å². The zero-order chi connectivity index (χ0) is 11.6. The van der Waals surface area contributed by atoms with E-state index in [0.717, 1.165) is 35.8 Å². The van der Waals surface area contributed by atoms with Crippen LogP contribution in [0.2, 0.25) is 0 Å². The molecule has 0 amide bonds. The summed E-state index contributed by atoms with van der Waals surface area (Å²) >= 11 is 8.25. The van der Waals surface area contributed by atoms with Crippen molar-refractivity contribution in [2.45, 2.75) is 12.8 Å². The van der Waals surface area contributed by atoms with Crippen molar-refractivity contribution in [3.05, 3.63) is 24.3 Å². The topological polar surface area (TPSA) is 18.5 Å². The largest absolute Gasteiger partial charge is 0.494 e. The Kier molecular flexibility index (Phi) is 7.34. The van der Waals surface area contributed by atoms with Crippen LogP contribution in [-0.2, 0) is 0 Å². The molecule has 0 radical (unpaired) electrons. The van der Waals surface area contributed by atoms with Gasteiger partial charge in [0, 0.05) is 0 Å². The predicted octanol–water partition coefficient (Wildman–Crippen LogP) is 3.08. The lowest BCUT2D eigenvalue weighted by Crippen LogP contribution is -1.99. The fraction of sp³-hybridized carbons (Fsp3) is 0.500. The maximum absolute atomic E-state index is 5.51. The average molecular weight is 258 g/mol. The summed E-state index contributed by atoms with van der Waals surface area (Å²) in [5.41, 5.74) is 0. The Morgan fingerprint density at radius 1 is 0.750 bits per heavy atom. The van der Waals surface area contributed by atoms with Crippen LogP contribution in [0.3, 0.4) is 0 Å². The first kappa shape index (κ1) is 13.6. The first-order chi connectivity index (χ1) is 7.86. The fourth-order valence-corrected chi connectivity index (χ4v) is 1.40. The molecule has 0 saturated carbocycles. The molecule has 16 heavy (non-hydrogen) atoms. The van der Waals surface area contributed by atoms with Crippen molar-refractivity contribution < 1.29 is 9.47 Å². The molecular formula is C12H18O2S2. The molecule has 0 fully saturated rings. The highest BCUT2D eigenvalue weighted by Gasteiger charge is 1.96. The van der Waals surface area contributed by atoms with Crippen LogP contribution in [0.5, 0.6) is 11.5 Å². The lowest BCUT2D eigenvalue weighted by atomic mass is 10.3. The number of rotatable bonds is 8. The maximum atomic E-state index is 5.51. The molecule has 0 atom stereocenters. The summed E-state index contributed by atoms with van der Waals surface area (Å²) in [6.07, 6.45) is 1.92. The lowest BCUT2D eigenvalue weighted by molar-refractivity contribution is 0.310. The van der Waals surface area contributed by atoms with Crippen molar-refractivity contribution in [1.82, 2.24) is 0 Å². The van der Waals surface area contributed by atoms with E-state index in [0.29, 0.717) is 13.2 Å². The van der Waals surface area contributed by atoms with Gasteiger partial charge in [0.1, 0.15) is 11.5 Å². The Morgan fingerprint density at radius 3 is 1.44 bits per heavy atom. The van der Waals surface area contributed by atoms with Gasteiger partial charge in [-0.1, -0.05) is 0 Å². The molecule has 0 bridgehead atoms. The Bertz CT molecular complexity index is 246. The second kappa shape index (κ2) is 8.65. The van der Waals surface area contributed by atoms with Crippen LogP contribution in [0, 0.1) is 0 Å². The molecular weight excluding hydrogens is 240 g/mol. The minimum absolute atomic E-state index is 0.712. The summed E-state index contributed by atoms with van der Waals surface area (Å²) in [7, 11) is 0. The summed E-state index contributed by atoms with van der Waals surface area (Å²) in [6, 6.07) is 7.70. The number of hydrogen-bond acceptors (Lipinski definition) is 4. The Labute approximate surface area is 108 Å². The molecule has 0 aliphatic rings. The zero-order valence-electron chi connectivity index (χ0n) is 9.26. The number of thiol groups is 2. The number of hydrogen-bond donors (Lipinski definition) is 2. The highest BCUT2D eigenvalue weighted by Crippen LogP contribution is 2.17. The van der Waals surface area contributed by atoms with Gasteiger partial charge in [-0.25, -0.2) is 0 Å². The molecule has 0 N–H and O–H groups in total. The van der Waals surface area contributed by atoms with E-state index in [1.807, 2.05) is 24.3 Å². The van der Waals surface area contributed by atoms with Gasteiger partial charge in [-0.05, 0) is 48.6 Å². The predicted molar refractivity (Wildman–Crippen MR) is 74.4 cm³/mol. The third kappa shape index (κ3) is 5.56. The lowest BCUT2D eigenvalue weighted by Gasteiger charge is -2.07. The molecule has 2 nitrogen and oxygen atoms in total. The third-order valence-electron chi connectivity index (χ3n) is 1.97. The van der Waals surface area contributed by atoms with E-state index >= 15 is 0 Å². The van der Waals surface area contributed by atoms with E-state index in [1.165, 1.54) is 0 Å². The van der Waals surface area contributed by atoms with Crippen LogP contribution in [-0.4, -0.2) is 24.7 Å². The van der Waals surface area contributed by atoms with E-state index < -0.39 is 0 Å². The van der Waals surface area contributed by atoms with E-state index in [4.69, 9.17) is 9.47 Å². The number of benzene rings is 1. The first-order valence-corrected chi connectivity index (χ1v) is 6.70. The molecule has 0 aliphatic carbocycles. The molecule has 0 heterocycles. The quantitative estimate of drug-likeness (QED) is 0.551. The Hall–Kier alpha value is -0.480. The van der Waals surface area contributed by atoms with Gasteiger partial charge in [-0.2, -0.15) is 25.3 Å². The van der Waals surface area contributed by atoms with Crippen LogP contribution in [0.15, 0.2) is 24.3 Å². The summed E-state index contributed by atoms with van der Waals surface area (Å²) in [6.45, 7) is 1.42. The van der Waals surface area contributed by atoms with Gasteiger partial charge < -0.3 is 9.47 Å². The Morgan fingerprint density at radius 2 is 1.12 bits per heavy atom. The number of ether oxygens (including phenoxy) is 2. The van der Waals surface area contributed by atoms with E-state index in [9.17, 15) is 0 Å². The van der Waals surface area contributed by atoms with E-state index in [1.54, 1.807) is 0 Å². The normalized spacial score (nSPS) is 10.1. The minimum atomic E-state index is 0.712. The monoisotopic (exact) mass is 258 g/mol. The van der Waals surface area contributed by atoms with Gasteiger partial charge in [0.2, 0.25) is 0 Å². The van der Waals surface area contributed by atoms with Crippen molar-refractivity contribution in [2.75, 3.05) is 24.7 Å². The molecule has 0 aromatic heterocycles. The van der Waals surface area contributed by atoms with Gasteiger partial charge in [0.25, 0.3) is 0 Å². The highest BCUT2D eigenvalue weighted by atomic mass is 32.1. The molecule has 4 heteroatoms. The van der Waals surface area contributed by atoms with Gasteiger partial charge in [0.15, 0.2) is 0 Å². The standard InChI is InChI=1S/C12H18O2S2/c15-9-1-7-13-11-3-5-12(6-4-11)14-8-2-10-16/h3-6,15-16H,1-2,7-10H2.